The number of amides is 1. The van der Waals surface area contributed by atoms with Crippen LogP contribution in [0, 0.1) is 0 Å². The molecule has 1 atom stereocenters. The summed E-state index contributed by atoms with van der Waals surface area (Å²) in [5.41, 5.74) is 2.96. The van der Waals surface area contributed by atoms with Gasteiger partial charge in [0.05, 0.1) is 5.25 Å². The van der Waals surface area contributed by atoms with E-state index in [0.717, 1.165) is 17.1 Å². The lowest BCUT2D eigenvalue weighted by Crippen LogP contribution is -2.22. The molecule has 0 fully saturated rings. The Morgan fingerprint density at radius 3 is 2.29 bits per heavy atom. The lowest BCUT2D eigenvalue weighted by molar-refractivity contribution is -0.115. The topological polar surface area (TPSA) is 59.8 Å². The van der Waals surface area contributed by atoms with Gasteiger partial charge in [-0.3, -0.25) is 4.79 Å². The van der Waals surface area contributed by atoms with Crippen LogP contribution in [0.4, 0.5) is 5.69 Å². The number of hydrogen-bond donors (Lipinski definition) is 1. The summed E-state index contributed by atoms with van der Waals surface area (Å²) >= 11 is 7.32. The van der Waals surface area contributed by atoms with Crippen LogP contribution in [0.15, 0.2) is 53.7 Å². The molecule has 0 saturated heterocycles. The van der Waals surface area contributed by atoms with Crippen molar-refractivity contribution in [2.24, 2.45) is 7.05 Å². The van der Waals surface area contributed by atoms with Crippen molar-refractivity contribution in [3.8, 4) is 11.4 Å². The number of carbonyl (C=O) groups is 1. The standard InChI is InChI=1S/C21H23ClN4OS/c1-13(2)15-7-11-18(12-8-15)23-20(27)14(3)28-21-25-24-19(26(21)4)16-5-9-17(22)10-6-16/h5-14H,1-4H3,(H,23,27)/t14-/m1/s1. The van der Waals surface area contributed by atoms with Crippen LogP contribution in [0.3, 0.4) is 0 Å². The summed E-state index contributed by atoms with van der Waals surface area (Å²) < 4.78 is 1.88. The molecule has 146 valence electrons. The molecule has 0 radical (unpaired) electrons. The van der Waals surface area contributed by atoms with Gasteiger partial charge in [0.15, 0.2) is 11.0 Å². The van der Waals surface area contributed by atoms with Gasteiger partial charge in [0.1, 0.15) is 0 Å². The first kappa shape index (κ1) is 20.4. The molecule has 0 aliphatic carbocycles. The van der Waals surface area contributed by atoms with Crippen LogP contribution in [-0.2, 0) is 11.8 Å². The fourth-order valence-electron chi connectivity index (χ4n) is 2.67. The molecule has 7 heteroatoms. The van der Waals surface area contributed by atoms with Gasteiger partial charge in [0.2, 0.25) is 5.91 Å². The number of halogens is 1. The smallest absolute Gasteiger partial charge is 0.237 e. The largest absolute Gasteiger partial charge is 0.325 e. The summed E-state index contributed by atoms with van der Waals surface area (Å²) in [6, 6.07) is 15.4. The van der Waals surface area contributed by atoms with E-state index in [1.165, 1.54) is 17.3 Å². The number of hydrogen-bond acceptors (Lipinski definition) is 4. The van der Waals surface area contributed by atoms with E-state index < -0.39 is 0 Å². The molecule has 0 spiro atoms. The van der Waals surface area contributed by atoms with Crippen molar-refractivity contribution in [1.82, 2.24) is 14.8 Å². The SMILES string of the molecule is CC(C)c1ccc(NC(=O)[C@@H](C)Sc2nnc(-c3ccc(Cl)cc3)n2C)cc1. The number of carbonyl (C=O) groups excluding carboxylic acids is 1. The van der Waals surface area contributed by atoms with E-state index in [0.29, 0.717) is 16.1 Å². The third kappa shape index (κ3) is 4.75. The maximum absolute atomic E-state index is 12.6. The van der Waals surface area contributed by atoms with Crippen LogP contribution in [0.25, 0.3) is 11.4 Å². The van der Waals surface area contributed by atoms with Crippen LogP contribution in [0.2, 0.25) is 5.02 Å². The molecule has 1 heterocycles. The fourth-order valence-corrected chi connectivity index (χ4v) is 3.62. The Bertz CT molecular complexity index is 952. The minimum Gasteiger partial charge on any atom is -0.325 e. The number of thioether (sulfide) groups is 1. The summed E-state index contributed by atoms with van der Waals surface area (Å²) in [5, 5.41) is 12.5. The van der Waals surface area contributed by atoms with Crippen molar-refractivity contribution in [3.05, 3.63) is 59.1 Å². The molecule has 1 aromatic heterocycles. The van der Waals surface area contributed by atoms with Gasteiger partial charge in [0.25, 0.3) is 0 Å². The molecule has 0 saturated carbocycles. The molecule has 3 rings (SSSR count). The summed E-state index contributed by atoms with van der Waals surface area (Å²) in [6.07, 6.45) is 0. The Morgan fingerprint density at radius 2 is 1.68 bits per heavy atom. The van der Waals surface area contributed by atoms with Crippen molar-refractivity contribution in [2.45, 2.75) is 37.1 Å². The summed E-state index contributed by atoms with van der Waals surface area (Å²) in [4.78, 5) is 12.6. The van der Waals surface area contributed by atoms with Crippen LogP contribution >= 0.6 is 23.4 Å². The zero-order chi connectivity index (χ0) is 20.3. The van der Waals surface area contributed by atoms with Gasteiger partial charge in [-0.1, -0.05) is 49.3 Å². The van der Waals surface area contributed by atoms with E-state index in [9.17, 15) is 4.79 Å². The lowest BCUT2D eigenvalue weighted by Gasteiger charge is -2.12. The average Bonchev–Trinajstić information content (AvgIpc) is 3.03. The predicted molar refractivity (Wildman–Crippen MR) is 116 cm³/mol. The van der Waals surface area contributed by atoms with Crippen LogP contribution in [0.5, 0.6) is 0 Å². The molecule has 1 amide bonds. The second kappa shape index (κ2) is 8.80. The van der Waals surface area contributed by atoms with Gasteiger partial charge < -0.3 is 9.88 Å². The molecule has 5 nitrogen and oxygen atoms in total. The monoisotopic (exact) mass is 414 g/mol. The first-order valence-corrected chi connectivity index (χ1v) is 10.3. The van der Waals surface area contributed by atoms with Crippen LogP contribution in [-0.4, -0.2) is 25.9 Å². The van der Waals surface area contributed by atoms with Crippen molar-refractivity contribution in [1.29, 1.82) is 0 Å². The Morgan fingerprint density at radius 1 is 1.04 bits per heavy atom. The predicted octanol–water partition coefficient (Wildman–Crippen LogP) is 5.38. The lowest BCUT2D eigenvalue weighted by atomic mass is 10.0. The number of benzene rings is 2. The summed E-state index contributed by atoms with van der Waals surface area (Å²) in [5.74, 6) is 1.12. The number of nitrogens with zero attached hydrogens (tertiary/aromatic N) is 3. The number of rotatable bonds is 6. The Balaban J connectivity index is 1.66. The van der Waals surface area contributed by atoms with Crippen molar-refractivity contribution < 1.29 is 4.79 Å². The van der Waals surface area contributed by atoms with Gasteiger partial charge in [0, 0.05) is 23.3 Å². The van der Waals surface area contributed by atoms with Crippen molar-refractivity contribution in [2.75, 3.05) is 5.32 Å². The molecule has 28 heavy (non-hydrogen) atoms. The zero-order valence-electron chi connectivity index (χ0n) is 16.3. The average molecular weight is 415 g/mol. The van der Waals surface area contributed by atoms with Gasteiger partial charge in [-0.15, -0.1) is 10.2 Å². The van der Waals surface area contributed by atoms with E-state index >= 15 is 0 Å². The molecule has 1 N–H and O–H groups in total. The number of nitrogens with one attached hydrogen (secondary N) is 1. The molecule has 0 aliphatic rings. The third-order valence-corrected chi connectivity index (χ3v) is 5.82. The van der Waals surface area contributed by atoms with Gasteiger partial charge in [-0.2, -0.15) is 0 Å². The fraction of sp³-hybridized carbons (Fsp3) is 0.286. The highest BCUT2D eigenvalue weighted by atomic mass is 35.5. The Labute approximate surface area is 174 Å². The van der Waals surface area contributed by atoms with Crippen molar-refractivity contribution >= 4 is 35.0 Å². The molecular weight excluding hydrogens is 392 g/mol. The number of anilines is 1. The second-order valence-electron chi connectivity index (χ2n) is 6.90. The maximum Gasteiger partial charge on any atom is 0.237 e. The van der Waals surface area contributed by atoms with E-state index in [2.05, 4.69) is 29.4 Å². The molecule has 0 bridgehead atoms. The van der Waals surface area contributed by atoms with Crippen LogP contribution in [0.1, 0.15) is 32.3 Å². The maximum atomic E-state index is 12.6. The first-order chi connectivity index (χ1) is 13.3. The first-order valence-electron chi connectivity index (χ1n) is 9.08. The Hall–Kier alpha value is -2.31. The quantitative estimate of drug-likeness (QED) is 0.550. The molecule has 0 aliphatic heterocycles. The van der Waals surface area contributed by atoms with E-state index in [1.54, 1.807) is 0 Å². The summed E-state index contributed by atoms with van der Waals surface area (Å²) in [7, 11) is 1.89. The normalized spacial score (nSPS) is 12.2. The van der Waals surface area contributed by atoms with Crippen molar-refractivity contribution in [3.63, 3.8) is 0 Å². The van der Waals surface area contributed by atoms with E-state index in [1.807, 2.05) is 67.1 Å². The highest BCUT2D eigenvalue weighted by Gasteiger charge is 2.19. The Kier molecular flexibility index (Phi) is 6.42. The highest BCUT2D eigenvalue weighted by molar-refractivity contribution is 8.00. The minimum atomic E-state index is -0.314. The van der Waals surface area contributed by atoms with E-state index in [4.69, 9.17) is 11.6 Å². The van der Waals surface area contributed by atoms with Gasteiger partial charge in [-0.25, -0.2) is 0 Å². The van der Waals surface area contributed by atoms with Crippen LogP contribution < -0.4 is 5.32 Å². The minimum absolute atomic E-state index is 0.0710. The highest BCUT2D eigenvalue weighted by Crippen LogP contribution is 2.27. The molecule has 0 unspecified atom stereocenters. The number of aromatic nitrogens is 3. The second-order valence-corrected chi connectivity index (χ2v) is 8.64. The molecule has 2 aromatic carbocycles. The van der Waals surface area contributed by atoms with Gasteiger partial charge in [-0.05, 0) is 54.8 Å². The van der Waals surface area contributed by atoms with Gasteiger partial charge >= 0.3 is 0 Å². The van der Waals surface area contributed by atoms with E-state index in [-0.39, 0.29) is 11.2 Å². The summed E-state index contributed by atoms with van der Waals surface area (Å²) in [6.45, 7) is 6.15. The molecular formula is C21H23ClN4OS. The third-order valence-electron chi connectivity index (χ3n) is 4.43. The zero-order valence-corrected chi connectivity index (χ0v) is 17.9. The molecule has 3 aromatic rings.